The number of esters is 1. The summed E-state index contributed by atoms with van der Waals surface area (Å²) in [6, 6.07) is 5.86. The number of carbonyl (C=O) groups is 1. The zero-order valence-corrected chi connectivity index (χ0v) is 15.3. The van der Waals surface area contributed by atoms with Crippen LogP contribution in [0.4, 0.5) is 0 Å². The third-order valence-electron chi connectivity index (χ3n) is 5.13. The van der Waals surface area contributed by atoms with Crippen LogP contribution in [0.15, 0.2) is 22.6 Å². The fourth-order valence-corrected chi connectivity index (χ4v) is 3.52. The summed E-state index contributed by atoms with van der Waals surface area (Å²) in [6.07, 6.45) is 0.977. The first-order valence-electron chi connectivity index (χ1n) is 8.51. The van der Waals surface area contributed by atoms with E-state index in [2.05, 4.69) is 18.7 Å². The molecular weight excluding hydrogens is 320 g/mol. The lowest BCUT2D eigenvalue weighted by atomic mass is 9.79. The molecule has 1 unspecified atom stereocenters. The summed E-state index contributed by atoms with van der Waals surface area (Å²) in [6.45, 7) is 7.08. The Morgan fingerprint density at radius 2 is 2.16 bits per heavy atom. The number of piperidine rings is 1. The molecule has 0 radical (unpaired) electrons. The second-order valence-electron chi connectivity index (χ2n) is 7.37. The zero-order valence-electron chi connectivity index (χ0n) is 15.3. The molecule has 1 fully saturated rings. The third kappa shape index (κ3) is 3.37. The lowest BCUT2D eigenvalue weighted by molar-refractivity contribution is 0.0567. The molecule has 2 aromatic rings. The summed E-state index contributed by atoms with van der Waals surface area (Å²) in [5, 5.41) is 0.882. The van der Waals surface area contributed by atoms with Crippen molar-refractivity contribution < 1.29 is 18.7 Å². The molecule has 0 aliphatic carbocycles. The van der Waals surface area contributed by atoms with Gasteiger partial charge in [0.05, 0.1) is 14.2 Å². The van der Waals surface area contributed by atoms with Crippen LogP contribution in [0.25, 0.3) is 11.0 Å². The molecule has 25 heavy (non-hydrogen) atoms. The van der Waals surface area contributed by atoms with E-state index in [4.69, 9.17) is 19.6 Å². The van der Waals surface area contributed by atoms with E-state index in [0.29, 0.717) is 11.3 Å². The first-order valence-corrected chi connectivity index (χ1v) is 8.51. The maximum atomic E-state index is 11.8. The maximum Gasteiger partial charge on any atom is 0.373 e. The van der Waals surface area contributed by atoms with Crippen LogP contribution in [0.3, 0.4) is 0 Å². The number of nitrogens with two attached hydrogens (primary N) is 1. The summed E-state index contributed by atoms with van der Waals surface area (Å²) < 4.78 is 15.8. The van der Waals surface area contributed by atoms with Crippen LogP contribution >= 0.6 is 0 Å². The Kier molecular flexibility index (Phi) is 4.75. The molecule has 0 bridgehead atoms. The maximum absolute atomic E-state index is 11.8. The van der Waals surface area contributed by atoms with E-state index in [1.54, 1.807) is 13.2 Å². The number of fused-ring (bicyclic) bond motifs is 1. The lowest BCUT2D eigenvalue weighted by Gasteiger charge is -2.42. The fraction of sp³-hybridized carbons (Fsp3) is 0.526. The average molecular weight is 346 g/mol. The van der Waals surface area contributed by atoms with Crippen molar-refractivity contribution in [3.63, 3.8) is 0 Å². The van der Waals surface area contributed by atoms with Gasteiger partial charge >= 0.3 is 5.97 Å². The van der Waals surface area contributed by atoms with E-state index in [-0.39, 0.29) is 17.2 Å². The SMILES string of the molecule is COC(=O)c1cc2c(CN3CCC(N)C(C)(C)C3)ccc(OC)c2o1. The highest BCUT2D eigenvalue weighted by atomic mass is 16.5. The highest BCUT2D eigenvalue weighted by Gasteiger charge is 2.33. The Morgan fingerprint density at radius 3 is 2.80 bits per heavy atom. The van der Waals surface area contributed by atoms with Crippen molar-refractivity contribution in [2.75, 3.05) is 27.3 Å². The topological polar surface area (TPSA) is 77.9 Å². The molecule has 3 rings (SSSR count). The fourth-order valence-electron chi connectivity index (χ4n) is 3.52. The minimum atomic E-state index is -0.491. The van der Waals surface area contributed by atoms with Crippen LogP contribution in [0.5, 0.6) is 5.75 Å². The van der Waals surface area contributed by atoms with Gasteiger partial charge in [0.25, 0.3) is 0 Å². The second-order valence-corrected chi connectivity index (χ2v) is 7.37. The molecule has 0 amide bonds. The number of likely N-dealkylation sites (tertiary alicyclic amines) is 1. The molecule has 1 atom stereocenters. The molecular formula is C19H26N2O4. The van der Waals surface area contributed by atoms with Gasteiger partial charge in [0.2, 0.25) is 5.76 Å². The number of benzene rings is 1. The van der Waals surface area contributed by atoms with Crippen molar-refractivity contribution in [1.82, 2.24) is 4.90 Å². The number of hydrogen-bond acceptors (Lipinski definition) is 6. The number of methoxy groups -OCH3 is 2. The molecule has 6 heteroatoms. The van der Waals surface area contributed by atoms with Gasteiger partial charge < -0.3 is 19.6 Å². The first-order chi connectivity index (χ1) is 11.9. The standard InChI is InChI=1S/C19H26N2O4/c1-19(2)11-21(8-7-16(19)20)10-12-5-6-14(23-3)17-13(12)9-15(25-17)18(22)24-4/h5-6,9,16H,7-8,10-11,20H2,1-4H3. The molecule has 2 N–H and O–H groups in total. The van der Waals surface area contributed by atoms with Gasteiger partial charge in [-0.05, 0) is 29.5 Å². The summed E-state index contributed by atoms with van der Waals surface area (Å²) in [5.41, 5.74) is 7.99. The number of furan rings is 1. The van der Waals surface area contributed by atoms with Crippen molar-refractivity contribution in [2.24, 2.45) is 11.1 Å². The minimum absolute atomic E-state index is 0.0808. The van der Waals surface area contributed by atoms with Crippen molar-refractivity contribution in [3.8, 4) is 5.75 Å². The van der Waals surface area contributed by atoms with Gasteiger partial charge in [0.1, 0.15) is 0 Å². The van der Waals surface area contributed by atoms with E-state index in [1.807, 2.05) is 12.1 Å². The van der Waals surface area contributed by atoms with E-state index >= 15 is 0 Å². The number of carbonyl (C=O) groups excluding carboxylic acids is 1. The quantitative estimate of drug-likeness (QED) is 0.858. The Morgan fingerprint density at radius 1 is 1.40 bits per heavy atom. The molecule has 1 aliphatic rings. The summed E-state index contributed by atoms with van der Waals surface area (Å²) >= 11 is 0. The Labute approximate surface area is 147 Å². The Balaban J connectivity index is 1.94. The predicted octanol–water partition coefficient (Wildman–Crippen LogP) is 2.79. The number of ether oxygens (including phenoxy) is 2. The Bertz CT molecular complexity index is 781. The zero-order chi connectivity index (χ0) is 18.2. The van der Waals surface area contributed by atoms with Crippen LogP contribution in [0.1, 0.15) is 36.4 Å². The molecule has 0 spiro atoms. The smallest absolute Gasteiger partial charge is 0.373 e. The van der Waals surface area contributed by atoms with Crippen molar-refractivity contribution in [2.45, 2.75) is 32.9 Å². The van der Waals surface area contributed by atoms with Crippen LogP contribution < -0.4 is 10.5 Å². The molecule has 0 saturated carbocycles. The average Bonchev–Trinajstić information content (AvgIpc) is 3.03. The van der Waals surface area contributed by atoms with E-state index in [1.165, 1.54) is 7.11 Å². The van der Waals surface area contributed by atoms with Crippen molar-refractivity contribution in [1.29, 1.82) is 0 Å². The molecule has 1 aliphatic heterocycles. The Hall–Kier alpha value is -2.05. The van der Waals surface area contributed by atoms with E-state index < -0.39 is 5.97 Å². The number of rotatable bonds is 4. The first kappa shape index (κ1) is 17.8. The van der Waals surface area contributed by atoms with E-state index in [9.17, 15) is 4.79 Å². The lowest BCUT2D eigenvalue weighted by Crippen LogP contribution is -2.52. The van der Waals surface area contributed by atoms with Gasteiger partial charge in [0, 0.05) is 31.1 Å². The van der Waals surface area contributed by atoms with Crippen LogP contribution in [0, 0.1) is 5.41 Å². The predicted molar refractivity (Wildman–Crippen MR) is 95.8 cm³/mol. The van der Waals surface area contributed by atoms with Crippen LogP contribution in [-0.2, 0) is 11.3 Å². The monoisotopic (exact) mass is 346 g/mol. The minimum Gasteiger partial charge on any atom is -0.493 e. The second kappa shape index (κ2) is 6.69. The summed E-state index contributed by atoms with van der Waals surface area (Å²) in [7, 11) is 2.93. The van der Waals surface area contributed by atoms with Crippen molar-refractivity contribution in [3.05, 3.63) is 29.5 Å². The largest absolute Gasteiger partial charge is 0.493 e. The molecule has 136 valence electrons. The summed E-state index contributed by atoms with van der Waals surface area (Å²) in [5.74, 6) is 0.299. The van der Waals surface area contributed by atoms with Crippen LogP contribution in [-0.4, -0.2) is 44.2 Å². The van der Waals surface area contributed by atoms with E-state index in [0.717, 1.165) is 37.0 Å². The molecule has 1 aromatic carbocycles. The molecule has 1 aromatic heterocycles. The van der Waals surface area contributed by atoms with Gasteiger partial charge in [-0.15, -0.1) is 0 Å². The highest BCUT2D eigenvalue weighted by molar-refractivity contribution is 5.95. The van der Waals surface area contributed by atoms with Gasteiger partial charge in [-0.2, -0.15) is 0 Å². The summed E-state index contributed by atoms with van der Waals surface area (Å²) in [4.78, 5) is 14.2. The van der Waals surface area contributed by atoms with Gasteiger partial charge in [-0.1, -0.05) is 19.9 Å². The molecule has 2 heterocycles. The van der Waals surface area contributed by atoms with Gasteiger partial charge in [-0.25, -0.2) is 4.79 Å². The highest BCUT2D eigenvalue weighted by Crippen LogP contribution is 2.34. The molecule has 6 nitrogen and oxygen atoms in total. The van der Waals surface area contributed by atoms with Crippen molar-refractivity contribution >= 4 is 16.9 Å². The normalized spacial score (nSPS) is 20.6. The molecule has 1 saturated heterocycles. The van der Waals surface area contributed by atoms with Crippen LogP contribution in [0.2, 0.25) is 0 Å². The van der Waals surface area contributed by atoms with Gasteiger partial charge in [0.15, 0.2) is 11.3 Å². The number of nitrogens with zero attached hydrogens (tertiary/aromatic N) is 1. The third-order valence-corrected chi connectivity index (χ3v) is 5.13. The number of hydrogen-bond donors (Lipinski definition) is 1. The van der Waals surface area contributed by atoms with Gasteiger partial charge in [-0.3, -0.25) is 4.90 Å².